The van der Waals surface area contributed by atoms with Crippen LogP contribution in [0.15, 0.2) is 0 Å². The second-order valence-corrected chi connectivity index (χ2v) is 8.79. The average molecular weight is 265 g/mol. The van der Waals surface area contributed by atoms with E-state index in [4.69, 9.17) is 0 Å². The molecule has 0 saturated carbocycles. The van der Waals surface area contributed by atoms with Crippen LogP contribution >= 0.6 is 0 Å². The summed E-state index contributed by atoms with van der Waals surface area (Å²) in [6, 6.07) is 0. The molecule has 1 atom stereocenters. The van der Waals surface area contributed by atoms with Crippen LogP contribution in [0.3, 0.4) is 0 Å². The molecular weight excluding hydrogens is 238 g/mol. The molecule has 0 aliphatic heterocycles. The minimum Gasteiger partial charge on any atom is -0.392 e. The van der Waals surface area contributed by atoms with E-state index in [1.54, 1.807) is 20.8 Å². The van der Waals surface area contributed by atoms with Gasteiger partial charge in [-0.25, -0.2) is 8.42 Å². The van der Waals surface area contributed by atoms with Crippen molar-refractivity contribution in [3.63, 3.8) is 0 Å². The van der Waals surface area contributed by atoms with Gasteiger partial charge in [-0.05, 0) is 39.7 Å². The fourth-order valence-electron chi connectivity index (χ4n) is 1.24. The van der Waals surface area contributed by atoms with Crippen LogP contribution in [0.5, 0.6) is 0 Å². The van der Waals surface area contributed by atoms with Gasteiger partial charge in [-0.15, -0.1) is 0 Å². The quantitative estimate of drug-likeness (QED) is 0.726. The lowest BCUT2D eigenvalue weighted by molar-refractivity contribution is 0.167. The van der Waals surface area contributed by atoms with Crippen LogP contribution < -0.4 is 5.32 Å². The first-order valence-corrected chi connectivity index (χ1v) is 7.82. The molecule has 0 aliphatic rings. The lowest BCUT2D eigenvalue weighted by atomic mass is 10.2. The number of sulfone groups is 1. The summed E-state index contributed by atoms with van der Waals surface area (Å²) in [7, 11) is -3.12. The Hall–Kier alpha value is -0.130. The number of hydrogen-bond donors (Lipinski definition) is 2. The molecule has 0 aromatic rings. The highest BCUT2D eigenvalue weighted by molar-refractivity contribution is 7.92. The molecule has 0 saturated heterocycles. The van der Waals surface area contributed by atoms with E-state index in [9.17, 15) is 13.5 Å². The fraction of sp³-hybridized carbons (Fsp3) is 1.00. The number of rotatable bonds is 7. The molecule has 1 unspecified atom stereocenters. The minimum atomic E-state index is -3.12. The predicted molar refractivity (Wildman–Crippen MR) is 71.9 cm³/mol. The number of hydrogen-bond acceptors (Lipinski definition) is 4. The first kappa shape index (κ1) is 16.9. The fourth-order valence-corrected chi connectivity index (χ4v) is 2.43. The molecule has 0 radical (unpaired) electrons. The monoisotopic (exact) mass is 265 g/mol. The molecule has 0 bridgehead atoms. The van der Waals surface area contributed by atoms with Crippen molar-refractivity contribution in [3.05, 3.63) is 0 Å². The van der Waals surface area contributed by atoms with Crippen molar-refractivity contribution in [1.29, 1.82) is 0 Å². The van der Waals surface area contributed by atoms with Crippen molar-refractivity contribution in [3.8, 4) is 0 Å². The second-order valence-electron chi connectivity index (χ2n) is 5.93. The summed E-state index contributed by atoms with van der Waals surface area (Å²) in [6.07, 6.45) is -0.295. The molecule has 0 aromatic carbocycles. The Morgan fingerprint density at radius 3 is 2.12 bits per heavy atom. The molecular formula is C12H27NO3S. The Labute approximate surface area is 106 Å². The Bertz CT molecular complexity index is 304. The summed E-state index contributed by atoms with van der Waals surface area (Å²) in [5.41, 5.74) is 0. The van der Waals surface area contributed by atoms with Crippen molar-refractivity contribution >= 4 is 9.84 Å². The minimum absolute atomic E-state index is 0.0427. The van der Waals surface area contributed by atoms with Crippen LogP contribution in [0.25, 0.3) is 0 Å². The van der Waals surface area contributed by atoms with Crippen molar-refractivity contribution in [2.75, 3.05) is 18.8 Å². The third-order valence-corrected chi connectivity index (χ3v) is 5.22. The zero-order valence-corrected chi connectivity index (χ0v) is 12.5. The van der Waals surface area contributed by atoms with Crippen LogP contribution in [0.1, 0.15) is 41.0 Å². The van der Waals surface area contributed by atoms with Crippen molar-refractivity contribution in [2.24, 2.45) is 5.92 Å². The molecule has 0 fully saturated rings. The molecule has 17 heavy (non-hydrogen) atoms. The molecule has 0 rings (SSSR count). The largest absolute Gasteiger partial charge is 0.392 e. The third-order valence-electron chi connectivity index (χ3n) is 2.59. The molecule has 0 aliphatic carbocycles. The molecule has 0 amide bonds. The van der Waals surface area contributed by atoms with Gasteiger partial charge in [-0.3, -0.25) is 0 Å². The van der Waals surface area contributed by atoms with Gasteiger partial charge in [-0.2, -0.15) is 0 Å². The van der Waals surface area contributed by atoms with Gasteiger partial charge < -0.3 is 10.4 Å². The van der Waals surface area contributed by atoms with Crippen LogP contribution in [0.2, 0.25) is 0 Å². The number of aliphatic hydroxyl groups excluding tert-OH is 1. The van der Waals surface area contributed by atoms with Gasteiger partial charge in [-0.1, -0.05) is 13.8 Å². The normalized spacial score (nSPS) is 15.2. The van der Waals surface area contributed by atoms with Gasteiger partial charge >= 0.3 is 0 Å². The molecule has 4 nitrogen and oxygen atoms in total. The van der Waals surface area contributed by atoms with Crippen molar-refractivity contribution < 1.29 is 13.5 Å². The third kappa shape index (κ3) is 7.01. The maximum Gasteiger partial charge on any atom is 0.155 e. The summed E-state index contributed by atoms with van der Waals surface area (Å²) in [5, 5.41) is 12.8. The van der Waals surface area contributed by atoms with Crippen LogP contribution in [0, 0.1) is 5.92 Å². The summed E-state index contributed by atoms with van der Waals surface area (Å²) in [6.45, 7) is 10.5. The maximum atomic E-state index is 11.8. The van der Waals surface area contributed by atoms with Gasteiger partial charge in [0.15, 0.2) is 9.84 Å². The van der Waals surface area contributed by atoms with Gasteiger partial charge in [0.1, 0.15) is 0 Å². The highest BCUT2D eigenvalue weighted by Crippen LogP contribution is 2.17. The van der Waals surface area contributed by atoms with E-state index in [0.717, 1.165) is 6.54 Å². The maximum absolute atomic E-state index is 11.8. The lowest BCUT2D eigenvalue weighted by Gasteiger charge is -2.20. The predicted octanol–water partition coefficient (Wildman–Crippen LogP) is 1.20. The average Bonchev–Trinajstić information content (AvgIpc) is 2.12. The van der Waals surface area contributed by atoms with Gasteiger partial charge in [0.05, 0.1) is 16.6 Å². The van der Waals surface area contributed by atoms with E-state index < -0.39 is 20.7 Å². The van der Waals surface area contributed by atoms with E-state index in [2.05, 4.69) is 19.2 Å². The summed E-state index contributed by atoms with van der Waals surface area (Å²) >= 11 is 0. The summed E-state index contributed by atoms with van der Waals surface area (Å²) in [4.78, 5) is 0. The highest BCUT2D eigenvalue weighted by atomic mass is 32.2. The molecule has 2 N–H and O–H groups in total. The first-order valence-electron chi connectivity index (χ1n) is 6.17. The van der Waals surface area contributed by atoms with E-state index in [-0.39, 0.29) is 5.75 Å². The van der Waals surface area contributed by atoms with Crippen LogP contribution in [-0.2, 0) is 9.84 Å². The van der Waals surface area contributed by atoms with E-state index in [0.29, 0.717) is 18.9 Å². The standard InChI is InChI=1S/C12H27NO3S/c1-10(2)8-13-9-11(14)6-7-17(15,16)12(3,4)5/h10-11,13-14H,6-9H2,1-5H3. The molecule has 0 aromatic heterocycles. The second kappa shape index (κ2) is 6.71. The SMILES string of the molecule is CC(C)CNCC(O)CCS(=O)(=O)C(C)(C)C. The van der Waals surface area contributed by atoms with Gasteiger partial charge in [0.2, 0.25) is 0 Å². The Balaban J connectivity index is 3.97. The van der Waals surface area contributed by atoms with Crippen molar-refractivity contribution in [1.82, 2.24) is 5.32 Å². The van der Waals surface area contributed by atoms with E-state index in [1.165, 1.54) is 0 Å². The summed E-state index contributed by atoms with van der Waals surface area (Å²) < 4.78 is 22.9. The number of aliphatic hydroxyl groups is 1. The summed E-state index contributed by atoms with van der Waals surface area (Å²) in [5.74, 6) is 0.571. The zero-order valence-electron chi connectivity index (χ0n) is 11.7. The Kier molecular flexibility index (Phi) is 6.66. The Morgan fingerprint density at radius 1 is 1.18 bits per heavy atom. The molecule has 0 heterocycles. The molecule has 104 valence electrons. The van der Waals surface area contributed by atoms with E-state index in [1.807, 2.05) is 0 Å². The molecule has 5 heteroatoms. The van der Waals surface area contributed by atoms with Gasteiger partial charge in [0.25, 0.3) is 0 Å². The topological polar surface area (TPSA) is 66.4 Å². The smallest absolute Gasteiger partial charge is 0.155 e. The van der Waals surface area contributed by atoms with E-state index >= 15 is 0 Å². The van der Waals surface area contributed by atoms with Crippen LogP contribution in [0.4, 0.5) is 0 Å². The molecule has 0 spiro atoms. The Morgan fingerprint density at radius 2 is 1.71 bits per heavy atom. The van der Waals surface area contributed by atoms with Crippen LogP contribution in [-0.4, -0.2) is 43.2 Å². The highest BCUT2D eigenvalue weighted by Gasteiger charge is 2.28. The van der Waals surface area contributed by atoms with Gasteiger partial charge in [0, 0.05) is 6.54 Å². The zero-order chi connectivity index (χ0) is 13.7. The first-order chi connectivity index (χ1) is 7.56. The number of nitrogens with one attached hydrogen (secondary N) is 1. The van der Waals surface area contributed by atoms with Crippen molar-refractivity contribution in [2.45, 2.75) is 51.9 Å². The lowest BCUT2D eigenvalue weighted by Crippen LogP contribution is -2.35.